The van der Waals surface area contributed by atoms with Crippen LogP contribution >= 0.6 is 23.4 Å². The number of carbonyl (C=O) groups is 1. The summed E-state index contributed by atoms with van der Waals surface area (Å²) < 4.78 is 1.96. The molecule has 2 heterocycles. The summed E-state index contributed by atoms with van der Waals surface area (Å²) in [6.07, 6.45) is 3.43. The molecule has 4 aromatic rings. The number of hydrogen-bond acceptors (Lipinski definition) is 5. The molecule has 0 aliphatic carbocycles. The third-order valence-electron chi connectivity index (χ3n) is 5.04. The van der Waals surface area contributed by atoms with Crippen molar-refractivity contribution in [3.63, 3.8) is 0 Å². The van der Waals surface area contributed by atoms with Gasteiger partial charge in [-0.2, -0.15) is 0 Å². The fourth-order valence-electron chi connectivity index (χ4n) is 3.32. The van der Waals surface area contributed by atoms with Gasteiger partial charge in [-0.05, 0) is 42.3 Å². The van der Waals surface area contributed by atoms with Gasteiger partial charge in [0.1, 0.15) is 5.25 Å². The van der Waals surface area contributed by atoms with Crippen LogP contribution in [0.15, 0.2) is 78.2 Å². The monoisotopic (exact) mass is 463 g/mol. The van der Waals surface area contributed by atoms with E-state index in [4.69, 9.17) is 11.6 Å². The third kappa shape index (κ3) is 4.40. The van der Waals surface area contributed by atoms with Crippen molar-refractivity contribution in [3.05, 3.63) is 89.2 Å². The van der Waals surface area contributed by atoms with Crippen molar-refractivity contribution in [2.75, 3.05) is 14.1 Å². The van der Waals surface area contributed by atoms with Crippen molar-refractivity contribution in [1.82, 2.24) is 24.6 Å². The molecule has 0 N–H and O–H groups in total. The number of pyridine rings is 1. The molecule has 0 saturated carbocycles. The molecule has 0 unspecified atom stereocenters. The molecule has 2 aromatic heterocycles. The molecule has 2 aromatic carbocycles. The lowest BCUT2D eigenvalue weighted by Gasteiger charge is -2.21. The van der Waals surface area contributed by atoms with Crippen molar-refractivity contribution in [2.45, 2.75) is 17.3 Å². The van der Waals surface area contributed by atoms with Crippen LogP contribution in [0.1, 0.15) is 16.4 Å². The summed E-state index contributed by atoms with van der Waals surface area (Å²) in [6, 6.07) is 19.2. The van der Waals surface area contributed by atoms with Crippen molar-refractivity contribution < 1.29 is 4.79 Å². The summed E-state index contributed by atoms with van der Waals surface area (Å²) >= 11 is 7.81. The Bertz CT molecular complexity index is 1230. The van der Waals surface area contributed by atoms with Gasteiger partial charge in [0.05, 0.1) is 5.69 Å². The maximum atomic E-state index is 13.1. The number of nitrogens with zero attached hydrogens (tertiary/aromatic N) is 5. The van der Waals surface area contributed by atoms with Gasteiger partial charge in [0.2, 0.25) is 5.91 Å². The summed E-state index contributed by atoms with van der Waals surface area (Å²) in [4.78, 5) is 18.8. The fourth-order valence-corrected chi connectivity index (χ4v) is 4.68. The second kappa shape index (κ2) is 9.54. The van der Waals surface area contributed by atoms with Gasteiger partial charge in [0.15, 0.2) is 11.0 Å². The quantitative estimate of drug-likeness (QED) is 0.367. The molecule has 162 valence electrons. The van der Waals surface area contributed by atoms with E-state index in [1.54, 1.807) is 31.4 Å². The van der Waals surface area contributed by atoms with E-state index in [2.05, 4.69) is 15.2 Å². The normalized spacial score (nSPS) is 11.9. The van der Waals surface area contributed by atoms with Crippen LogP contribution in [0.5, 0.6) is 0 Å². The highest BCUT2D eigenvalue weighted by atomic mass is 35.5. The van der Waals surface area contributed by atoms with Crippen LogP contribution in [0.3, 0.4) is 0 Å². The average molecular weight is 464 g/mol. The molecule has 6 nitrogen and oxygen atoms in total. The zero-order chi connectivity index (χ0) is 22.7. The minimum Gasteiger partial charge on any atom is -0.348 e. The topological polar surface area (TPSA) is 63.9 Å². The minimum absolute atomic E-state index is 0.0240. The Morgan fingerprint density at radius 1 is 1.00 bits per heavy atom. The Morgan fingerprint density at radius 2 is 1.72 bits per heavy atom. The van der Waals surface area contributed by atoms with Crippen LogP contribution < -0.4 is 0 Å². The highest BCUT2D eigenvalue weighted by molar-refractivity contribution is 8.00. The standard InChI is InChI=1S/C24H22ClN5OS/c1-16-19(25)10-7-11-20(16)30-22(18-12-14-26-15-13-18)27-28-24(30)32-21(23(31)29(2)3)17-8-5-4-6-9-17/h4-15,21H,1-3H3/t21-/m1/s1. The highest BCUT2D eigenvalue weighted by Gasteiger charge is 2.28. The van der Waals surface area contributed by atoms with Gasteiger partial charge in [-0.15, -0.1) is 10.2 Å². The zero-order valence-electron chi connectivity index (χ0n) is 17.9. The van der Waals surface area contributed by atoms with Gasteiger partial charge in [-0.25, -0.2) is 0 Å². The number of halogens is 1. The lowest BCUT2D eigenvalue weighted by atomic mass is 10.1. The lowest BCUT2D eigenvalue weighted by molar-refractivity contribution is -0.128. The van der Waals surface area contributed by atoms with E-state index in [1.807, 2.05) is 72.2 Å². The molecular weight excluding hydrogens is 442 g/mol. The predicted octanol–water partition coefficient (Wildman–Crippen LogP) is 5.21. The molecule has 1 atom stereocenters. The number of hydrogen-bond donors (Lipinski definition) is 0. The van der Waals surface area contributed by atoms with Crippen LogP contribution in [0.4, 0.5) is 0 Å². The van der Waals surface area contributed by atoms with Crippen molar-refractivity contribution >= 4 is 29.3 Å². The number of aromatic nitrogens is 4. The smallest absolute Gasteiger partial charge is 0.240 e. The van der Waals surface area contributed by atoms with E-state index in [-0.39, 0.29) is 5.91 Å². The minimum atomic E-state index is -0.473. The van der Waals surface area contributed by atoms with Gasteiger partial charge in [0, 0.05) is 37.1 Å². The number of carbonyl (C=O) groups excluding carboxylic acids is 1. The fraction of sp³-hybridized carbons (Fsp3) is 0.167. The summed E-state index contributed by atoms with van der Waals surface area (Å²) in [5, 5.41) is 9.75. The Labute approximate surface area is 196 Å². The Morgan fingerprint density at radius 3 is 2.41 bits per heavy atom. The number of amides is 1. The van der Waals surface area contributed by atoms with E-state index in [0.29, 0.717) is 16.0 Å². The van der Waals surface area contributed by atoms with Gasteiger partial charge < -0.3 is 4.90 Å². The van der Waals surface area contributed by atoms with E-state index < -0.39 is 5.25 Å². The number of thioether (sulfide) groups is 1. The molecule has 0 fully saturated rings. The van der Waals surface area contributed by atoms with E-state index in [0.717, 1.165) is 22.4 Å². The molecule has 0 radical (unpaired) electrons. The highest BCUT2D eigenvalue weighted by Crippen LogP contribution is 2.39. The van der Waals surface area contributed by atoms with Crippen LogP contribution in [0.25, 0.3) is 17.1 Å². The summed E-state index contributed by atoms with van der Waals surface area (Å²) in [5.74, 6) is 0.633. The first-order chi connectivity index (χ1) is 15.5. The summed E-state index contributed by atoms with van der Waals surface area (Å²) in [7, 11) is 3.51. The lowest BCUT2D eigenvalue weighted by Crippen LogP contribution is -2.27. The second-order valence-corrected chi connectivity index (χ2v) is 8.88. The molecule has 32 heavy (non-hydrogen) atoms. The maximum Gasteiger partial charge on any atom is 0.240 e. The molecule has 0 aliphatic heterocycles. The first-order valence-corrected chi connectivity index (χ1v) is 11.3. The van der Waals surface area contributed by atoms with Crippen molar-refractivity contribution in [1.29, 1.82) is 0 Å². The average Bonchev–Trinajstić information content (AvgIpc) is 3.23. The van der Waals surface area contributed by atoms with Crippen LogP contribution in [0, 0.1) is 6.92 Å². The van der Waals surface area contributed by atoms with Crippen molar-refractivity contribution in [3.8, 4) is 17.1 Å². The molecule has 0 bridgehead atoms. The summed E-state index contributed by atoms with van der Waals surface area (Å²) in [5.41, 5.74) is 3.54. The van der Waals surface area contributed by atoms with Crippen LogP contribution in [-0.4, -0.2) is 44.7 Å². The molecular formula is C24H22ClN5OS. The number of benzene rings is 2. The molecule has 0 spiro atoms. The molecule has 8 heteroatoms. The predicted molar refractivity (Wildman–Crippen MR) is 128 cm³/mol. The third-order valence-corrected chi connectivity index (χ3v) is 6.64. The number of likely N-dealkylation sites (N-methyl/N-ethyl adjacent to an activating group) is 1. The molecule has 1 amide bonds. The molecule has 0 aliphatic rings. The van der Waals surface area contributed by atoms with E-state index in [9.17, 15) is 4.79 Å². The van der Waals surface area contributed by atoms with Gasteiger partial charge >= 0.3 is 0 Å². The first-order valence-electron chi connectivity index (χ1n) is 10.0. The largest absolute Gasteiger partial charge is 0.348 e. The second-order valence-electron chi connectivity index (χ2n) is 7.40. The first kappa shape index (κ1) is 22.0. The Balaban J connectivity index is 1.88. The van der Waals surface area contributed by atoms with Crippen LogP contribution in [-0.2, 0) is 4.79 Å². The van der Waals surface area contributed by atoms with Gasteiger partial charge in [0.25, 0.3) is 0 Å². The zero-order valence-corrected chi connectivity index (χ0v) is 19.5. The van der Waals surface area contributed by atoms with E-state index >= 15 is 0 Å². The maximum absolute atomic E-state index is 13.1. The molecule has 4 rings (SSSR count). The van der Waals surface area contributed by atoms with Crippen molar-refractivity contribution in [2.24, 2.45) is 0 Å². The Kier molecular flexibility index (Phi) is 6.58. The van der Waals surface area contributed by atoms with Crippen LogP contribution in [0.2, 0.25) is 5.02 Å². The molecule has 0 saturated heterocycles. The SMILES string of the molecule is Cc1c(Cl)cccc1-n1c(S[C@@H](C(=O)N(C)C)c2ccccc2)nnc1-c1ccncc1. The van der Waals surface area contributed by atoms with E-state index in [1.165, 1.54) is 11.8 Å². The van der Waals surface area contributed by atoms with Gasteiger partial charge in [-0.1, -0.05) is 59.8 Å². The van der Waals surface area contributed by atoms with Gasteiger partial charge in [-0.3, -0.25) is 14.3 Å². The number of rotatable bonds is 6. The summed E-state index contributed by atoms with van der Waals surface area (Å²) in [6.45, 7) is 1.96. The Hall–Kier alpha value is -3.16.